The third-order valence-electron chi connectivity index (χ3n) is 2.65. The summed E-state index contributed by atoms with van der Waals surface area (Å²) in [6, 6.07) is 5.86. The van der Waals surface area contributed by atoms with Crippen molar-refractivity contribution in [2.24, 2.45) is 0 Å². The van der Waals surface area contributed by atoms with E-state index in [0.717, 1.165) is 0 Å². The number of carbonyl (C=O) groups is 2. The van der Waals surface area contributed by atoms with E-state index >= 15 is 0 Å². The molecule has 0 saturated heterocycles. The molecule has 0 aliphatic carbocycles. The van der Waals surface area contributed by atoms with Gasteiger partial charge in [-0.15, -0.1) is 0 Å². The Balaban J connectivity index is 2.78. The molecule has 0 radical (unpaired) electrons. The second kappa shape index (κ2) is 7.53. The number of hydrogen-bond acceptors (Lipinski definition) is 3. The van der Waals surface area contributed by atoms with E-state index in [-0.39, 0.29) is 6.10 Å². The van der Waals surface area contributed by atoms with Crippen molar-refractivity contribution in [2.75, 3.05) is 0 Å². The van der Waals surface area contributed by atoms with Crippen LogP contribution >= 0.6 is 0 Å². The Labute approximate surface area is 118 Å². The smallest absolute Gasteiger partial charge is 0.326 e. The van der Waals surface area contributed by atoms with Gasteiger partial charge in [0, 0.05) is 5.56 Å². The van der Waals surface area contributed by atoms with E-state index < -0.39 is 17.9 Å². The van der Waals surface area contributed by atoms with Crippen LogP contribution in [0.5, 0.6) is 5.75 Å². The van der Waals surface area contributed by atoms with Gasteiger partial charge in [0.15, 0.2) is 0 Å². The molecule has 5 heteroatoms. The number of ether oxygens (including phenoxy) is 1. The van der Waals surface area contributed by atoms with Crippen molar-refractivity contribution in [3.63, 3.8) is 0 Å². The normalized spacial score (nSPS) is 12.0. The summed E-state index contributed by atoms with van der Waals surface area (Å²) in [5.74, 6) is -0.829. The van der Waals surface area contributed by atoms with Gasteiger partial charge < -0.3 is 15.2 Å². The minimum absolute atomic E-state index is 0.0140. The maximum atomic E-state index is 12.0. The van der Waals surface area contributed by atoms with Gasteiger partial charge in [-0.25, -0.2) is 4.79 Å². The van der Waals surface area contributed by atoms with Crippen LogP contribution in [0.4, 0.5) is 0 Å². The molecule has 1 amide bonds. The zero-order chi connectivity index (χ0) is 15.1. The van der Waals surface area contributed by atoms with Crippen molar-refractivity contribution < 1.29 is 19.4 Å². The van der Waals surface area contributed by atoms with Gasteiger partial charge in [-0.3, -0.25) is 4.79 Å². The van der Waals surface area contributed by atoms with Crippen LogP contribution < -0.4 is 10.1 Å². The number of nitrogens with one attached hydrogen (secondary N) is 1. The molecule has 1 aromatic rings. The fourth-order valence-corrected chi connectivity index (χ4v) is 1.77. The first-order chi connectivity index (χ1) is 9.43. The maximum Gasteiger partial charge on any atom is 0.326 e. The van der Waals surface area contributed by atoms with Gasteiger partial charge in [-0.05, 0) is 38.5 Å². The summed E-state index contributed by atoms with van der Waals surface area (Å²) in [6.45, 7) is 5.67. The molecule has 0 saturated carbocycles. The maximum absolute atomic E-state index is 12.0. The molecule has 5 nitrogen and oxygen atoms in total. The molecule has 0 aliphatic heterocycles. The SMILES string of the molecule is CCC[C@H](NC(=O)c1cccc(OC(C)C)c1)C(=O)O. The van der Waals surface area contributed by atoms with Crippen molar-refractivity contribution >= 4 is 11.9 Å². The summed E-state index contributed by atoms with van der Waals surface area (Å²) in [5, 5.41) is 11.6. The lowest BCUT2D eigenvalue weighted by molar-refractivity contribution is -0.139. The van der Waals surface area contributed by atoms with E-state index in [2.05, 4.69) is 5.32 Å². The predicted octanol–water partition coefficient (Wildman–Crippen LogP) is 2.46. The lowest BCUT2D eigenvalue weighted by Gasteiger charge is -2.14. The van der Waals surface area contributed by atoms with E-state index in [0.29, 0.717) is 24.2 Å². The monoisotopic (exact) mass is 279 g/mol. The van der Waals surface area contributed by atoms with E-state index in [1.807, 2.05) is 20.8 Å². The largest absolute Gasteiger partial charge is 0.491 e. The van der Waals surface area contributed by atoms with Crippen LogP contribution in [0.25, 0.3) is 0 Å². The van der Waals surface area contributed by atoms with Gasteiger partial charge in [-0.2, -0.15) is 0 Å². The van der Waals surface area contributed by atoms with Crippen LogP contribution in [-0.4, -0.2) is 29.1 Å². The summed E-state index contributed by atoms with van der Waals surface area (Å²) in [5.41, 5.74) is 0.394. The van der Waals surface area contributed by atoms with Crippen molar-refractivity contribution in [2.45, 2.75) is 45.8 Å². The van der Waals surface area contributed by atoms with Crippen molar-refractivity contribution in [3.05, 3.63) is 29.8 Å². The molecule has 0 unspecified atom stereocenters. The van der Waals surface area contributed by atoms with Crippen molar-refractivity contribution in [1.29, 1.82) is 0 Å². The summed E-state index contributed by atoms with van der Waals surface area (Å²) in [7, 11) is 0. The number of amides is 1. The van der Waals surface area contributed by atoms with Crippen LogP contribution in [0.1, 0.15) is 44.0 Å². The molecule has 1 atom stereocenters. The van der Waals surface area contributed by atoms with Crippen molar-refractivity contribution in [1.82, 2.24) is 5.32 Å². The van der Waals surface area contributed by atoms with Crippen molar-refractivity contribution in [3.8, 4) is 5.75 Å². The zero-order valence-electron chi connectivity index (χ0n) is 12.1. The lowest BCUT2D eigenvalue weighted by Crippen LogP contribution is -2.40. The fourth-order valence-electron chi connectivity index (χ4n) is 1.77. The number of benzene rings is 1. The third-order valence-corrected chi connectivity index (χ3v) is 2.65. The highest BCUT2D eigenvalue weighted by Crippen LogP contribution is 2.15. The predicted molar refractivity (Wildman–Crippen MR) is 76.0 cm³/mol. The van der Waals surface area contributed by atoms with E-state index in [1.165, 1.54) is 0 Å². The van der Waals surface area contributed by atoms with Crippen LogP contribution in [0.2, 0.25) is 0 Å². The van der Waals surface area contributed by atoms with Gasteiger partial charge in [0.05, 0.1) is 6.10 Å². The Morgan fingerprint density at radius 1 is 1.35 bits per heavy atom. The van der Waals surface area contributed by atoms with Gasteiger partial charge in [0.1, 0.15) is 11.8 Å². The van der Waals surface area contributed by atoms with E-state index in [9.17, 15) is 9.59 Å². The number of carbonyl (C=O) groups excluding carboxylic acids is 1. The van der Waals surface area contributed by atoms with Crippen LogP contribution in [0.3, 0.4) is 0 Å². The van der Waals surface area contributed by atoms with E-state index in [1.54, 1.807) is 24.3 Å². The summed E-state index contributed by atoms with van der Waals surface area (Å²) in [6.07, 6.45) is 1.11. The summed E-state index contributed by atoms with van der Waals surface area (Å²) >= 11 is 0. The summed E-state index contributed by atoms with van der Waals surface area (Å²) < 4.78 is 5.51. The van der Waals surface area contributed by atoms with Gasteiger partial charge in [-0.1, -0.05) is 19.4 Å². The lowest BCUT2D eigenvalue weighted by atomic mass is 10.1. The average molecular weight is 279 g/mol. The second-order valence-electron chi connectivity index (χ2n) is 4.85. The molecule has 2 N–H and O–H groups in total. The topological polar surface area (TPSA) is 75.6 Å². The Bertz CT molecular complexity index is 471. The Hall–Kier alpha value is -2.04. The second-order valence-corrected chi connectivity index (χ2v) is 4.85. The molecule has 1 rings (SSSR count). The minimum Gasteiger partial charge on any atom is -0.491 e. The first kappa shape index (κ1) is 16.0. The molecule has 110 valence electrons. The average Bonchev–Trinajstić information content (AvgIpc) is 2.37. The molecule has 0 heterocycles. The third kappa shape index (κ3) is 4.91. The van der Waals surface area contributed by atoms with Crippen LogP contribution in [0.15, 0.2) is 24.3 Å². The quantitative estimate of drug-likeness (QED) is 0.804. The van der Waals surface area contributed by atoms with Crippen LogP contribution in [0, 0.1) is 0 Å². The molecular weight excluding hydrogens is 258 g/mol. The molecule has 1 aromatic carbocycles. The molecule has 0 bridgehead atoms. The molecular formula is C15H21NO4. The minimum atomic E-state index is -1.02. The zero-order valence-corrected chi connectivity index (χ0v) is 12.1. The Kier molecular flexibility index (Phi) is 6.03. The van der Waals surface area contributed by atoms with Gasteiger partial charge in [0.25, 0.3) is 5.91 Å². The first-order valence-corrected chi connectivity index (χ1v) is 6.74. The molecule has 0 spiro atoms. The highest BCUT2D eigenvalue weighted by molar-refractivity contribution is 5.96. The van der Waals surface area contributed by atoms with E-state index in [4.69, 9.17) is 9.84 Å². The fraction of sp³-hybridized carbons (Fsp3) is 0.467. The Morgan fingerprint density at radius 3 is 2.60 bits per heavy atom. The standard InChI is InChI=1S/C15H21NO4/c1-4-6-13(15(18)19)16-14(17)11-7-5-8-12(9-11)20-10(2)3/h5,7-10,13H,4,6H2,1-3H3,(H,16,17)(H,18,19)/t13-/m0/s1. The molecule has 0 aliphatic rings. The Morgan fingerprint density at radius 2 is 2.05 bits per heavy atom. The van der Waals surface area contributed by atoms with Gasteiger partial charge in [0.2, 0.25) is 0 Å². The highest BCUT2D eigenvalue weighted by Gasteiger charge is 2.19. The van der Waals surface area contributed by atoms with Crippen LogP contribution in [-0.2, 0) is 4.79 Å². The highest BCUT2D eigenvalue weighted by atomic mass is 16.5. The number of aliphatic carboxylic acids is 1. The first-order valence-electron chi connectivity index (χ1n) is 6.74. The molecule has 0 aromatic heterocycles. The number of carboxylic acid groups (broad SMARTS) is 1. The van der Waals surface area contributed by atoms with Gasteiger partial charge >= 0.3 is 5.97 Å². The number of rotatable bonds is 7. The number of hydrogen-bond donors (Lipinski definition) is 2. The number of carboxylic acids is 1. The molecule has 0 fully saturated rings. The molecule has 20 heavy (non-hydrogen) atoms. The summed E-state index contributed by atoms with van der Waals surface area (Å²) in [4.78, 5) is 23.1.